The number of carbonyl (C=O) groups is 1. The largest absolute Gasteiger partial charge is 0.331 e. The van der Waals surface area contributed by atoms with Gasteiger partial charge in [-0.2, -0.15) is 4.99 Å². The van der Waals surface area contributed by atoms with Crippen LogP contribution in [0.25, 0.3) is 11.1 Å². The fourth-order valence-electron chi connectivity index (χ4n) is 2.63. The summed E-state index contributed by atoms with van der Waals surface area (Å²) in [4.78, 5) is 27.2. The number of isocyanates is 1. The quantitative estimate of drug-likeness (QED) is 0.582. The van der Waals surface area contributed by atoms with Gasteiger partial charge in [-0.05, 0) is 52.9 Å². The van der Waals surface area contributed by atoms with Gasteiger partial charge in [-0.15, -0.1) is 0 Å². The summed E-state index contributed by atoms with van der Waals surface area (Å²) < 4.78 is 0. The van der Waals surface area contributed by atoms with Crippen molar-refractivity contribution in [2.75, 3.05) is 19.4 Å². The molecular formula is C17H15N3O2. The number of fused-ring (bicyclic) bond motifs is 3. The lowest BCUT2D eigenvalue weighted by Crippen LogP contribution is -2.27. The van der Waals surface area contributed by atoms with Crippen LogP contribution in [0.1, 0.15) is 11.1 Å². The molecule has 22 heavy (non-hydrogen) atoms. The Kier molecular flexibility index (Phi) is 3.49. The van der Waals surface area contributed by atoms with E-state index in [4.69, 9.17) is 0 Å². The van der Waals surface area contributed by atoms with E-state index in [0.717, 1.165) is 34.4 Å². The highest BCUT2D eigenvalue weighted by atomic mass is 16.2. The van der Waals surface area contributed by atoms with Crippen LogP contribution in [-0.4, -0.2) is 31.1 Å². The third-order valence-corrected chi connectivity index (χ3v) is 3.70. The first-order chi connectivity index (χ1) is 10.6. The molecule has 0 aromatic heterocycles. The second-order valence-electron chi connectivity index (χ2n) is 5.42. The lowest BCUT2D eigenvalue weighted by molar-refractivity contribution is 0.230. The average Bonchev–Trinajstić information content (AvgIpc) is 2.84. The van der Waals surface area contributed by atoms with E-state index in [0.29, 0.717) is 5.69 Å². The molecule has 0 fully saturated rings. The number of carbonyl (C=O) groups excluding carboxylic acids is 2. The number of hydrogen-bond donors (Lipinski definition) is 1. The SMILES string of the molecule is CN(C)C(=O)Nc1ccc2c(c1)Cc1cc(N=C=O)ccc1-2. The molecule has 0 spiro atoms. The molecule has 1 aliphatic rings. The minimum Gasteiger partial charge on any atom is -0.331 e. The smallest absolute Gasteiger partial charge is 0.321 e. The predicted octanol–water partition coefficient (Wildman–Crippen LogP) is 3.32. The van der Waals surface area contributed by atoms with Crippen LogP contribution in [-0.2, 0) is 11.2 Å². The van der Waals surface area contributed by atoms with Crippen molar-refractivity contribution in [1.29, 1.82) is 0 Å². The van der Waals surface area contributed by atoms with Crippen LogP contribution in [0.2, 0.25) is 0 Å². The number of anilines is 1. The fourth-order valence-corrected chi connectivity index (χ4v) is 2.63. The number of nitrogens with one attached hydrogen (secondary N) is 1. The van der Waals surface area contributed by atoms with Gasteiger partial charge in [0.15, 0.2) is 0 Å². The van der Waals surface area contributed by atoms with E-state index in [2.05, 4.69) is 10.3 Å². The number of nitrogens with zero attached hydrogens (tertiary/aromatic N) is 2. The molecule has 2 aromatic rings. The van der Waals surface area contributed by atoms with Crippen LogP contribution in [0, 0.1) is 0 Å². The third-order valence-electron chi connectivity index (χ3n) is 3.70. The van der Waals surface area contributed by atoms with Crippen LogP contribution in [0.4, 0.5) is 16.2 Å². The van der Waals surface area contributed by atoms with E-state index < -0.39 is 0 Å². The number of amides is 2. The zero-order valence-corrected chi connectivity index (χ0v) is 12.4. The lowest BCUT2D eigenvalue weighted by atomic mass is 10.1. The molecule has 0 atom stereocenters. The molecule has 2 aromatic carbocycles. The Bertz CT molecular complexity index is 806. The molecule has 1 aliphatic carbocycles. The van der Waals surface area contributed by atoms with Gasteiger partial charge in [0, 0.05) is 19.8 Å². The first-order valence-electron chi connectivity index (χ1n) is 6.91. The molecule has 0 saturated carbocycles. The summed E-state index contributed by atoms with van der Waals surface area (Å²) in [5.74, 6) is 0. The van der Waals surface area contributed by atoms with E-state index in [9.17, 15) is 9.59 Å². The maximum absolute atomic E-state index is 11.7. The predicted molar refractivity (Wildman–Crippen MR) is 85.2 cm³/mol. The second-order valence-corrected chi connectivity index (χ2v) is 5.42. The summed E-state index contributed by atoms with van der Waals surface area (Å²) in [7, 11) is 3.40. The van der Waals surface area contributed by atoms with Gasteiger partial charge in [-0.25, -0.2) is 9.59 Å². The first-order valence-corrected chi connectivity index (χ1v) is 6.91. The van der Waals surface area contributed by atoms with Gasteiger partial charge in [0.1, 0.15) is 0 Å². The highest BCUT2D eigenvalue weighted by molar-refractivity contribution is 5.90. The van der Waals surface area contributed by atoms with Gasteiger partial charge in [0.25, 0.3) is 0 Å². The number of hydrogen-bond acceptors (Lipinski definition) is 3. The third kappa shape index (κ3) is 2.50. The van der Waals surface area contributed by atoms with Gasteiger partial charge < -0.3 is 10.2 Å². The Labute approximate surface area is 128 Å². The maximum Gasteiger partial charge on any atom is 0.321 e. The summed E-state index contributed by atoms with van der Waals surface area (Å²) in [6.45, 7) is 0. The highest BCUT2D eigenvalue weighted by Gasteiger charge is 2.19. The maximum atomic E-state index is 11.7. The molecule has 0 aliphatic heterocycles. The lowest BCUT2D eigenvalue weighted by Gasteiger charge is -2.12. The minimum atomic E-state index is -0.155. The molecular weight excluding hydrogens is 278 g/mol. The number of urea groups is 1. The van der Waals surface area contributed by atoms with Crippen molar-refractivity contribution in [3.05, 3.63) is 47.5 Å². The molecule has 2 amide bonds. The molecule has 5 heteroatoms. The molecule has 0 unspecified atom stereocenters. The van der Waals surface area contributed by atoms with Crippen LogP contribution in [0.5, 0.6) is 0 Å². The van der Waals surface area contributed by atoms with Crippen LogP contribution < -0.4 is 5.32 Å². The van der Waals surface area contributed by atoms with Crippen LogP contribution in [0.3, 0.4) is 0 Å². The monoisotopic (exact) mass is 293 g/mol. The Balaban J connectivity index is 1.91. The Hall–Kier alpha value is -2.91. The number of rotatable bonds is 2. The van der Waals surface area contributed by atoms with Crippen LogP contribution in [0.15, 0.2) is 41.4 Å². The summed E-state index contributed by atoms with van der Waals surface area (Å²) in [6, 6.07) is 11.4. The second kappa shape index (κ2) is 5.47. The molecule has 0 bridgehead atoms. The van der Waals surface area contributed by atoms with Gasteiger partial charge >= 0.3 is 6.03 Å². The van der Waals surface area contributed by atoms with Crippen molar-refractivity contribution < 1.29 is 9.59 Å². The number of benzene rings is 2. The Morgan fingerprint density at radius 2 is 1.82 bits per heavy atom. The summed E-state index contributed by atoms with van der Waals surface area (Å²) in [5.41, 5.74) is 5.96. The standard InChI is InChI=1S/C17H15N3O2/c1-20(2)17(22)19-14-4-6-16-12(9-14)7-11-8-13(18-10-21)3-5-15(11)16/h3-6,8-9H,7H2,1-2H3,(H,19,22). The van der Waals surface area contributed by atoms with E-state index in [1.165, 1.54) is 4.90 Å². The molecule has 0 radical (unpaired) electrons. The molecule has 110 valence electrons. The van der Waals surface area contributed by atoms with Crippen molar-refractivity contribution in [1.82, 2.24) is 4.90 Å². The fraction of sp³-hybridized carbons (Fsp3) is 0.176. The number of aliphatic imine (C=N–C) groups is 1. The van der Waals surface area contributed by atoms with Crippen LogP contribution >= 0.6 is 0 Å². The summed E-state index contributed by atoms with van der Waals surface area (Å²) in [6.07, 6.45) is 2.32. The van der Waals surface area contributed by atoms with E-state index in [-0.39, 0.29) is 6.03 Å². The Morgan fingerprint density at radius 1 is 1.14 bits per heavy atom. The molecule has 3 rings (SSSR count). The zero-order chi connectivity index (χ0) is 15.7. The molecule has 1 N–H and O–H groups in total. The van der Waals surface area contributed by atoms with Crippen molar-refractivity contribution in [3.63, 3.8) is 0 Å². The first kappa shape index (κ1) is 14.0. The van der Waals surface area contributed by atoms with Gasteiger partial charge in [0.05, 0.1) is 5.69 Å². The van der Waals surface area contributed by atoms with Crippen molar-refractivity contribution in [2.24, 2.45) is 4.99 Å². The summed E-state index contributed by atoms with van der Waals surface area (Å²) >= 11 is 0. The van der Waals surface area contributed by atoms with Crippen molar-refractivity contribution >= 4 is 23.5 Å². The minimum absolute atomic E-state index is 0.155. The zero-order valence-electron chi connectivity index (χ0n) is 12.4. The molecule has 5 nitrogen and oxygen atoms in total. The van der Waals surface area contributed by atoms with E-state index in [1.54, 1.807) is 26.2 Å². The topological polar surface area (TPSA) is 61.8 Å². The van der Waals surface area contributed by atoms with E-state index >= 15 is 0 Å². The van der Waals surface area contributed by atoms with Crippen molar-refractivity contribution in [2.45, 2.75) is 6.42 Å². The Morgan fingerprint density at radius 3 is 2.50 bits per heavy atom. The van der Waals surface area contributed by atoms with Gasteiger partial charge in [0.2, 0.25) is 6.08 Å². The molecule has 0 heterocycles. The molecule has 0 saturated heterocycles. The summed E-state index contributed by atoms with van der Waals surface area (Å²) in [5, 5.41) is 2.85. The van der Waals surface area contributed by atoms with Crippen molar-refractivity contribution in [3.8, 4) is 11.1 Å². The van der Waals surface area contributed by atoms with Gasteiger partial charge in [-0.3, -0.25) is 0 Å². The highest BCUT2D eigenvalue weighted by Crippen LogP contribution is 2.39. The normalized spacial score (nSPS) is 11.2. The van der Waals surface area contributed by atoms with E-state index in [1.807, 2.05) is 30.3 Å². The average molecular weight is 293 g/mol. The van der Waals surface area contributed by atoms with Gasteiger partial charge in [-0.1, -0.05) is 12.1 Å².